The number of nitrogens with one attached hydrogen (secondary N) is 1. The first-order chi connectivity index (χ1) is 10.6. The topological polar surface area (TPSA) is 50.8 Å². The number of likely N-dealkylation sites (N-methyl/N-ethyl adjacent to an activating group) is 1. The van der Waals surface area contributed by atoms with Gasteiger partial charge in [-0.15, -0.1) is 0 Å². The monoisotopic (exact) mass is 326 g/mol. The summed E-state index contributed by atoms with van der Waals surface area (Å²) < 4.78 is 11.0. The van der Waals surface area contributed by atoms with E-state index in [-0.39, 0.29) is 5.91 Å². The van der Waals surface area contributed by atoms with Gasteiger partial charge in [0.15, 0.2) is 11.5 Å². The second kappa shape index (κ2) is 8.25. The molecule has 1 aromatic carbocycles. The van der Waals surface area contributed by atoms with Gasteiger partial charge in [-0.2, -0.15) is 0 Å². The molecule has 1 heterocycles. The van der Waals surface area contributed by atoms with Crippen LogP contribution in [0.4, 0.5) is 5.69 Å². The molecule has 0 fully saturated rings. The zero-order valence-electron chi connectivity index (χ0n) is 13.2. The molecule has 1 N–H and O–H groups in total. The first kappa shape index (κ1) is 16.9. The average molecular weight is 327 g/mol. The Kier molecular flexibility index (Phi) is 6.34. The van der Waals surface area contributed by atoms with Crippen LogP contribution >= 0.6 is 11.6 Å². The van der Waals surface area contributed by atoms with E-state index in [2.05, 4.69) is 24.1 Å². The third-order valence-electron chi connectivity index (χ3n) is 3.55. The van der Waals surface area contributed by atoms with Gasteiger partial charge in [-0.3, -0.25) is 9.69 Å². The van der Waals surface area contributed by atoms with E-state index >= 15 is 0 Å². The SMILES string of the molecule is CCCCN(CC)CC(=O)Nc1cc2c(cc1Cl)OCCO2. The van der Waals surface area contributed by atoms with Gasteiger partial charge in [0.25, 0.3) is 0 Å². The summed E-state index contributed by atoms with van der Waals surface area (Å²) in [5.41, 5.74) is 0.558. The second-order valence-electron chi connectivity index (χ2n) is 5.25. The van der Waals surface area contributed by atoms with Crippen LogP contribution in [0.1, 0.15) is 26.7 Å². The summed E-state index contributed by atoms with van der Waals surface area (Å²) in [4.78, 5) is 14.3. The number of benzene rings is 1. The number of ether oxygens (including phenoxy) is 2. The van der Waals surface area contributed by atoms with Crippen LogP contribution in [0.25, 0.3) is 0 Å². The van der Waals surface area contributed by atoms with Gasteiger partial charge >= 0.3 is 0 Å². The van der Waals surface area contributed by atoms with Crippen LogP contribution in [-0.4, -0.2) is 43.7 Å². The van der Waals surface area contributed by atoms with Crippen LogP contribution in [0.2, 0.25) is 5.02 Å². The third kappa shape index (κ3) is 4.52. The van der Waals surface area contributed by atoms with Gasteiger partial charge in [-0.05, 0) is 19.5 Å². The number of hydrogen-bond donors (Lipinski definition) is 1. The molecule has 0 saturated heterocycles. The van der Waals surface area contributed by atoms with Crippen LogP contribution in [0.5, 0.6) is 11.5 Å². The summed E-state index contributed by atoms with van der Waals surface area (Å²) >= 11 is 6.20. The van der Waals surface area contributed by atoms with Gasteiger partial charge in [0.1, 0.15) is 13.2 Å². The smallest absolute Gasteiger partial charge is 0.238 e. The Hall–Kier alpha value is -1.46. The van der Waals surface area contributed by atoms with Gasteiger partial charge in [0, 0.05) is 12.1 Å². The normalized spacial score (nSPS) is 13.3. The Morgan fingerprint density at radius 3 is 2.59 bits per heavy atom. The van der Waals surface area contributed by atoms with E-state index < -0.39 is 0 Å². The molecule has 0 aliphatic carbocycles. The number of amides is 1. The molecule has 0 saturated carbocycles. The number of fused-ring (bicyclic) bond motifs is 1. The zero-order chi connectivity index (χ0) is 15.9. The van der Waals surface area contributed by atoms with E-state index in [1.165, 1.54) is 0 Å². The van der Waals surface area contributed by atoms with Gasteiger partial charge < -0.3 is 14.8 Å². The molecule has 22 heavy (non-hydrogen) atoms. The lowest BCUT2D eigenvalue weighted by atomic mass is 10.2. The number of nitrogens with zero attached hydrogens (tertiary/aromatic N) is 1. The van der Waals surface area contributed by atoms with Crippen LogP contribution in [0.15, 0.2) is 12.1 Å². The number of hydrogen-bond acceptors (Lipinski definition) is 4. The molecule has 1 aliphatic rings. The Morgan fingerprint density at radius 1 is 1.27 bits per heavy atom. The summed E-state index contributed by atoms with van der Waals surface area (Å²) in [7, 11) is 0. The highest BCUT2D eigenvalue weighted by molar-refractivity contribution is 6.34. The van der Waals surface area contributed by atoms with Crippen molar-refractivity contribution in [3.8, 4) is 11.5 Å². The number of anilines is 1. The summed E-state index contributed by atoms with van der Waals surface area (Å²) in [6.07, 6.45) is 2.21. The van der Waals surface area contributed by atoms with Crippen molar-refractivity contribution >= 4 is 23.2 Å². The van der Waals surface area contributed by atoms with Crippen molar-refractivity contribution in [2.45, 2.75) is 26.7 Å². The van der Waals surface area contributed by atoms with Crippen LogP contribution < -0.4 is 14.8 Å². The molecule has 0 atom stereocenters. The molecule has 0 spiro atoms. The Morgan fingerprint density at radius 2 is 1.95 bits per heavy atom. The maximum atomic E-state index is 12.2. The van der Waals surface area contributed by atoms with Crippen LogP contribution in [0, 0.1) is 0 Å². The fourth-order valence-electron chi connectivity index (χ4n) is 2.28. The van der Waals surface area contributed by atoms with Gasteiger partial charge in [0.05, 0.1) is 17.3 Å². The summed E-state index contributed by atoms with van der Waals surface area (Å²) in [6.45, 7) is 7.35. The molecule has 122 valence electrons. The second-order valence-corrected chi connectivity index (χ2v) is 5.65. The number of rotatable bonds is 7. The quantitative estimate of drug-likeness (QED) is 0.836. The fourth-order valence-corrected chi connectivity index (χ4v) is 2.48. The Labute approximate surface area is 136 Å². The molecule has 1 amide bonds. The summed E-state index contributed by atoms with van der Waals surface area (Å²) in [6, 6.07) is 3.40. The number of carbonyl (C=O) groups is 1. The van der Waals surface area contributed by atoms with E-state index in [9.17, 15) is 4.79 Å². The number of halogens is 1. The largest absolute Gasteiger partial charge is 0.486 e. The molecule has 0 bridgehead atoms. The van der Waals surface area contributed by atoms with Crippen molar-refractivity contribution in [2.24, 2.45) is 0 Å². The van der Waals surface area contributed by atoms with E-state index in [1.807, 2.05) is 0 Å². The summed E-state index contributed by atoms with van der Waals surface area (Å²) in [5.74, 6) is 1.16. The molecular weight excluding hydrogens is 304 g/mol. The molecule has 0 radical (unpaired) electrons. The Bertz CT molecular complexity index is 522. The standard InChI is InChI=1S/C16H23ClN2O3/c1-3-5-6-19(4-2)11-16(20)18-13-10-15-14(9-12(13)17)21-7-8-22-15/h9-10H,3-8,11H2,1-2H3,(H,18,20). The molecule has 0 aromatic heterocycles. The number of carbonyl (C=O) groups excluding carboxylic acids is 1. The minimum atomic E-state index is -0.0727. The van der Waals surface area contributed by atoms with Crippen molar-refractivity contribution in [2.75, 3.05) is 38.2 Å². The number of unbranched alkanes of at least 4 members (excludes halogenated alkanes) is 1. The minimum absolute atomic E-state index is 0.0727. The molecule has 5 nitrogen and oxygen atoms in total. The Balaban J connectivity index is 1.99. The molecular formula is C16H23ClN2O3. The molecule has 6 heteroatoms. The zero-order valence-corrected chi connectivity index (χ0v) is 13.9. The molecule has 1 aliphatic heterocycles. The van der Waals surface area contributed by atoms with E-state index in [4.69, 9.17) is 21.1 Å². The van der Waals surface area contributed by atoms with Crippen molar-refractivity contribution in [3.05, 3.63) is 17.2 Å². The van der Waals surface area contributed by atoms with Gasteiger partial charge in [-0.1, -0.05) is 31.9 Å². The molecule has 1 aromatic rings. The van der Waals surface area contributed by atoms with Gasteiger partial charge in [-0.25, -0.2) is 0 Å². The summed E-state index contributed by atoms with van der Waals surface area (Å²) in [5, 5.41) is 3.31. The lowest BCUT2D eigenvalue weighted by Crippen LogP contribution is -2.33. The first-order valence-electron chi connectivity index (χ1n) is 7.75. The van der Waals surface area contributed by atoms with E-state index in [1.54, 1.807) is 12.1 Å². The first-order valence-corrected chi connectivity index (χ1v) is 8.13. The van der Waals surface area contributed by atoms with Crippen molar-refractivity contribution in [1.82, 2.24) is 4.90 Å². The molecule has 2 rings (SSSR count). The highest BCUT2D eigenvalue weighted by atomic mass is 35.5. The maximum absolute atomic E-state index is 12.2. The van der Waals surface area contributed by atoms with E-state index in [0.717, 1.165) is 25.9 Å². The predicted molar refractivity (Wildman–Crippen MR) is 88.1 cm³/mol. The van der Waals surface area contributed by atoms with Crippen LogP contribution in [0.3, 0.4) is 0 Å². The van der Waals surface area contributed by atoms with Crippen LogP contribution in [-0.2, 0) is 4.79 Å². The van der Waals surface area contributed by atoms with Gasteiger partial charge in [0.2, 0.25) is 5.91 Å². The fraction of sp³-hybridized carbons (Fsp3) is 0.562. The average Bonchev–Trinajstić information content (AvgIpc) is 2.52. The van der Waals surface area contributed by atoms with E-state index in [0.29, 0.717) is 42.0 Å². The van der Waals surface area contributed by atoms with Crippen molar-refractivity contribution in [3.63, 3.8) is 0 Å². The molecule has 0 unspecified atom stereocenters. The highest BCUT2D eigenvalue weighted by Gasteiger charge is 2.17. The maximum Gasteiger partial charge on any atom is 0.238 e. The minimum Gasteiger partial charge on any atom is -0.486 e. The van der Waals surface area contributed by atoms with Crippen molar-refractivity contribution < 1.29 is 14.3 Å². The van der Waals surface area contributed by atoms with Crippen molar-refractivity contribution in [1.29, 1.82) is 0 Å². The lowest BCUT2D eigenvalue weighted by Gasteiger charge is -2.21. The predicted octanol–water partition coefficient (Wildman–Crippen LogP) is 3.17. The third-order valence-corrected chi connectivity index (χ3v) is 3.86. The lowest BCUT2D eigenvalue weighted by molar-refractivity contribution is -0.117. The highest BCUT2D eigenvalue weighted by Crippen LogP contribution is 2.37.